The monoisotopic (exact) mass is 255 g/mol. The van der Waals surface area contributed by atoms with E-state index in [2.05, 4.69) is 9.97 Å². The first-order valence-electron chi connectivity index (χ1n) is 5.03. The van der Waals surface area contributed by atoms with Gasteiger partial charge in [0.2, 0.25) is 11.8 Å². The highest BCUT2D eigenvalue weighted by Gasteiger charge is 2.19. The van der Waals surface area contributed by atoms with Crippen molar-refractivity contribution in [1.29, 1.82) is 0 Å². The maximum absolute atomic E-state index is 10.7. The summed E-state index contributed by atoms with van der Waals surface area (Å²) in [6, 6.07) is 0. The van der Waals surface area contributed by atoms with E-state index in [4.69, 9.17) is 10.8 Å². The summed E-state index contributed by atoms with van der Waals surface area (Å²) in [6.07, 6.45) is 1.000. The number of aliphatic carboxylic acids is 1. The molecular formula is C9H13N5O4. The first kappa shape index (κ1) is 13.6. The van der Waals surface area contributed by atoms with Gasteiger partial charge < -0.3 is 15.7 Å². The zero-order chi connectivity index (χ0) is 13.9. The van der Waals surface area contributed by atoms with Crippen LogP contribution in [0.1, 0.15) is 6.92 Å². The second kappa shape index (κ2) is 5.25. The Morgan fingerprint density at radius 3 is 2.78 bits per heavy atom. The maximum atomic E-state index is 10.7. The highest BCUT2D eigenvalue weighted by molar-refractivity contribution is 5.70. The fourth-order valence-corrected chi connectivity index (χ4v) is 1.27. The third-order valence-electron chi connectivity index (χ3n) is 2.29. The van der Waals surface area contributed by atoms with E-state index < -0.39 is 16.8 Å². The van der Waals surface area contributed by atoms with Crippen molar-refractivity contribution in [2.24, 2.45) is 5.92 Å². The predicted octanol–water partition coefficient (Wildman–Crippen LogP) is 0.124. The molecule has 0 fully saturated rings. The second-order valence-electron chi connectivity index (χ2n) is 3.82. The zero-order valence-corrected chi connectivity index (χ0v) is 9.90. The predicted molar refractivity (Wildman–Crippen MR) is 63.2 cm³/mol. The molecule has 0 radical (unpaired) electrons. The number of carboxylic acid groups (broad SMARTS) is 1. The Morgan fingerprint density at radius 1 is 1.72 bits per heavy atom. The minimum absolute atomic E-state index is 0.145. The molecule has 9 nitrogen and oxygen atoms in total. The number of hydrogen-bond donors (Lipinski definition) is 2. The number of aromatic nitrogens is 2. The summed E-state index contributed by atoms with van der Waals surface area (Å²) in [6.45, 7) is 1.71. The molecule has 3 N–H and O–H groups in total. The van der Waals surface area contributed by atoms with Crippen LogP contribution in [-0.2, 0) is 4.79 Å². The molecule has 0 spiro atoms. The standard InChI is InChI=1S/C9H13N5O4/c1-5(8(15)16)4-13(2)9-11-3-6(14(17)18)7(10)12-9/h3,5H,4H2,1-2H3,(H,15,16)(H2,10,11,12). The summed E-state index contributed by atoms with van der Waals surface area (Å²) in [5.74, 6) is -1.67. The first-order valence-corrected chi connectivity index (χ1v) is 5.03. The van der Waals surface area contributed by atoms with Gasteiger partial charge in [0.15, 0.2) is 0 Å². The van der Waals surface area contributed by atoms with Crippen molar-refractivity contribution >= 4 is 23.4 Å². The molecule has 9 heteroatoms. The lowest BCUT2D eigenvalue weighted by atomic mass is 10.2. The molecule has 1 rings (SSSR count). The van der Waals surface area contributed by atoms with E-state index in [1.165, 1.54) is 11.8 Å². The smallest absolute Gasteiger partial charge is 0.329 e. The van der Waals surface area contributed by atoms with Crippen molar-refractivity contribution in [3.8, 4) is 0 Å². The summed E-state index contributed by atoms with van der Waals surface area (Å²) in [5.41, 5.74) is 5.04. The van der Waals surface area contributed by atoms with Crippen LogP contribution in [0.15, 0.2) is 6.20 Å². The maximum Gasteiger partial charge on any atom is 0.329 e. The highest BCUT2D eigenvalue weighted by atomic mass is 16.6. The van der Waals surface area contributed by atoms with Crippen LogP contribution < -0.4 is 10.6 Å². The minimum Gasteiger partial charge on any atom is -0.481 e. The molecule has 1 unspecified atom stereocenters. The summed E-state index contributed by atoms with van der Waals surface area (Å²) < 4.78 is 0. The van der Waals surface area contributed by atoms with Crippen molar-refractivity contribution in [2.45, 2.75) is 6.92 Å². The Bertz CT molecular complexity index is 478. The molecule has 0 bridgehead atoms. The topological polar surface area (TPSA) is 135 Å². The normalized spacial score (nSPS) is 11.9. The van der Waals surface area contributed by atoms with Gasteiger partial charge in [0.25, 0.3) is 0 Å². The first-order chi connectivity index (χ1) is 8.32. The Hall–Kier alpha value is -2.45. The van der Waals surface area contributed by atoms with Crippen LogP contribution >= 0.6 is 0 Å². The van der Waals surface area contributed by atoms with Gasteiger partial charge in [-0.2, -0.15) is 4.98 Å². The van der Waals surface area contributed by atoms with Gasteiger partial charge in [-0.3, -0.25) is 14.9 Å². The van der Waals surface area contributed by atoms with Crippen molar-refractivity contribution < 1.29 is 14.8 Å². The molecule has 1 atom stereocenters. The number of hydrogen-bond acceptors (Lipinski definition) is 7. The molecule has 0 aliphatic heterocycles. The number of nitrogens with zero attached hydrogens (tertiary/aromatic N) is 4. The van der Waals surface area contributed by atoms with E-state index in [0.29, 0.717) is 0 Å². The summed E-state index contributed by atoms with van der Waals surface area (Å²) in [4.78, 5) is 29.5. The van der Waals surface area contributed by atoms with Gasteiger partial charge in [-0.25, -0.2) is 4.98 Å². The molecule has 18 heavy (non-hydrogen) atoms. The molecule has 1 heterocycles. The van der Waals surface area contributed by atoms with Gasteiger partial charge in [0.05, 0.1) is 10.8 Å². The van der Waals surface area contributed by atoms with Crippen molar-refractivity contribution in [3.63, 3.8) is 0 Å². The van der Waals surface area contributed by atoms with E-state index in [1.807, 2.05) is 0 Å². The van der Waals surface area contributed by atoms with Crippen LogP contribution in [0.25, 0.3) is 0 Å². The van der Waals surface area contributed by atoms with Gasteiger partial charge >= 0.3 is 11.7 Å². The van der Waals surface area contributed by atoms with Crippen molar-refractivity contribution in [1.82, 2.24) is 9.97 Å². The molecular weight excluding hydrogens is 242 g/mol. The van der Waals surface area contributed by atoms with Gasteiger partial charge in [-0.1, -0.05) is 6.92 Å². The van der Waals surface area contributed by atoms with E-state index in [9.17, 15) is 14.9 Å². The number of carbonyl (C=O) groups is 1. The summed E-state index contributed by atoms with van der Waals surface area (Å²) in [5, 5.41) is 19.3. The van der Waals surface area contributed by atoms with Gasteiger partial charge in [0, 0.05) is 13.6 Å². The van der Waals surface area contributed by atoms with E-state index in [1.54, 1.807) is 7.05 Å². The Labute approximate surface area is 102 Å². The lowest BCUT2D eigenvalue weighted by Crippen LogP contribution is -2.29. The molecule has 0 amide bonds. The lowest BCUT2D eigenvalue weighted by molar-refractivity contribution is -0.384. The van der Waals surface area contributed by atoms with Crippen molar-refractivity contribution in [3.05, 3.63) is 16.3 Å². The third-order valence-corrected chi connectivity index (χ3v) is 2.29. The quantitative estimate of drug-likeness (QED) is 0.559. The molecule has 1 aromatic heterocycles. The SMILES string of the molecule is CC(CN(C)c1ncc([N+](=O)[O-])c(N)n1)C(=O)O. The molecule has 0 aliphatic rings. The third kappa shape index (κ3) is 3.03. The highest BCUT2D eigenvalue weighted by Crippen LogP contribution is 2.19. The van der Waals surface area contributed by atoms with Gasteiger partial charge in [-0.15, -0.1) is 0 Å². The molecule has 1 aromatic rings. The van der Waals surface area contributed by atoms with Crippen LogP contribution in [0.2, 0.25) is 0 Å². The molecule has 0 saturated carbocycles. The molecule has 0 saturated heterocycles. The average molecular weight is 255 g/mol. The van der Waals surface area contributed by atoms with Gasteiger partial charge in [0.1, 0.15) is 6.20 Å². The Kier molecular flexibility index (Phi) is 3.97. The number of nitrogens with two attached hydrogens (primary N) is 1. The van der Waals surface area contributed by atoms with Crippen LogP contribution in [0.4, 0.5) is 17.5 Å². The number of nitro groups is 1. The molecule has 0 aliphatic carbocycles. The fourth-order valence-electron chi connectivity index (χ4n) is 1.27. The Balaban J connectivity index is 2.88. The number of nitrogen functional groups attached to an aromatic ring is 1. The van der Waals surface area contributed by atoms with E-state index in [-0.39, 0.29) is 24.0 Å². The number of carboxylic acids is 1. The van der Waals surface area contributed by atoms with Crippen LogP contribution in [0, 0.1) is 16.0 Å². The van der Waals surface area contributed by atoms with Crippen LogP contribution in [0.3, 0.4) is 0 Å². The van der Waals surface area contributed by atoms with Crippen molar-refractivity contribution in [2.75, 3.05) is 24.2 Å². The second-order valence-corrected chi connectivity index (χ2v) is 3.82. The van der Waals surface area contributed by atoms with Gasteiger partial charge in [-0.05, 0) is 0 Å². The molecule has 0 aromatic carbocycles. The largest absolute Gasteiger partial charge is 0.481 e. The fraction of sp³-hybridized carbons (Fsp3) is 0.444. The van der Waals surface area contributed by atoms with Crippen LogP contribution in [-0.4, -0.2) is 39.6 Å². The number of rotatable bonds is 5. The minimum atomic E-state index is -0.947. The lowest BCUT2D eigenvalue weighted by Gasteiger charge is -2.19. The number of anilines is 2. The molecule has 98 valence electrons. The summed E-state index contributed by atoms with van der Waals surface area (Å²) >= 11 is 0. The summed E-state index contributed by atoms with van der Waals surface area (Å²) in [7, 11) is 1.58. The average Bonchev–Trinajstić information content (AvgIpc) is 2.27. The zero-order valence-electron chi connectivity index (χ0n) is 9.90. The van der Waals surface area contributed by atoms with E-state index in [0.717, 1.165) is 6.20 Å². The van der Waals surface area contributed by atoms with Crippen LogP contribution in [0.5, 0.6) is 0 Å². The Morgan fingerprint density at radius 2 is 2.33 bits per heavy atom. The van der Waals surface area contributed by atoms with E-state index >= 15 is 0 Å².